The van der Waals surface area contributed by atoms with Crippen LogP contribution in [0.25, 0.3) is 11.4 Å². The lowest BCUT2D eigenvalue weighted by Gasteiger charge is -2.54. The summed E-state index contributed by atoms with van der Waals surface area (Å²) in [5, 5.41) is 20.6. The minimum absolute atomic E-state index is 0.168. The van der Waals surface area contributed by atoms with Crippen LogP contribution in [0, 0.1) is 16.7 Å². The molecule has 0 saturated carbocycles. The molecule has 0 aliphatic heterocycles. The molecule has 7 heteroatoms. The van der Waals surface area contributed by atoms with Gasteiger partial charge in [-0.25, -0.2) is 0 Å². The van der Waals surface area contributed by atoms with E-state index in [-0.39, 0.29) is 17.8 Å². The third-order valence-corrected chi connectivity index (χ3v) is 7.74. The van der Waals surface area contributed by atoms with E-state index in [1.807, 2.05) is 79.7 Å². The number of aromatic amines is 1. The fraction of sp³-hybridized carbons (Fsp3) is 0.185. The summed E-state index contributed by atoms with van der Waals surface area (Å²) in [7, 11) is 0. The average molecular weight is 510 g/mol. The highest BCUT2D eigenvalue weighted by molar-refractivity contribution is 9.10. The van der Waals surface area contributed by atoms with Crippen molar-refractivity contribution < 1.29 is 4.79 Å². The number of carbonyl (C=O) groups excluding carboxylic acids is 1. The van der Waals surface area contributed by atoms with Crippen molar-refractivity contribution in [1.82, 2.24) is 15.2 Å². The molecular weight excluding hydrogens is 490 g/mol. The lowest BCUT2D eigenvalue weighted by Crippen LogP contribution is -2.53. The molecule has 0 radical (unpaired) electrons. The Balaban J connectivity index is 1.41. The summed E-state index contributed by atoms with van der Waals surface area (Å²) in [6.07, 6.45) is 0.393. The number of fused-ring (bicyclic) bond motifs is 1. The number of halogens is 1. The molecule has 1 amide bonds. The van der Waals surface area contributed by atoms with Crippen molar-refractivity contribution in [3.8, 4) is 17.5 Å². The number of nitrogens with one attached hydrogen (secondary N) is 2. The van der Waals surface area contributed by atoms with Crippen LogP contribution in [0.5, 0.6) is 0 Å². The Bertz CT molecular complexity index is 1460. The molecular formula is C27H20BrN5O. The Morgan fingerprint density at radius 1 is 1.09 bits per heavy atom. The van der Waals surface area contributed by atoms with Gasteiger partial charge >= 0.3 is 0 Å². The van der Waals surface area contributed by atoms with Gasteiger partial charge < -0.3 is 0 Å². The molecule has 1 atom stereocenters. The van der Waals surface area contributed by atoms with Gasteiger partial charge in [0.05, 0.1) is 11.5 Å². The number of benzene rings is 3. The predicted octanol–water partition coefficient (Wildman–Crippen LogP) is 5.54. The van der Waals surface area contributed by atoms with E-state index in [4.69, 9.17) is 0 Å². The number of amides is 1. The number of hydrogen-bond acceptors (Lipinski definition) is 4. The Morgan fingerprint density at radius 3 is 2.41 bits per heavy atom. The number of rotatable bonds is 3. The van der Waals surface area contributed by atoms with E-state index in [2.05, 4.69) is 42.5 Å². The zero-order chi connectivity index (χ0) is 23.5. The molecule has 0 saturated heterocycles. The highest BCUT2D eigenvalue weighted by Gasteiger charge is 2.61. The molecule has 2 bridgehead atoms. The maximum atomic E-state index is 13.8. The first-order valence-corrected chi connectivity index (χ1v) is 11.9. The standard InChI is InChI=1S/C27H20BrN5O/c1-26(24(34)31-25-30-23(32-33-25)16-7-6-8-17(28)13-16)14-27(15-29)20-11-4-2-9-18(20)22(26)19-10-3-5-12-21(19)27/h2-13,22H,14H2,1H3,(H2,30,31,32,33,34). The molecule has 2 N–H and O–H groups in total. The number of anilines is 1. The molecule has 166 valence electrons. The summed E-state index contributed by atoms with van der Waals surface area (Å²) in [4.78, 5) is 18.3. The average Bonchev–Trinajstić information content (AvgIpc) is 3.32. The predicted molar refractivity (Wildman–Crippen MR) is 132 cm³/mol. The second kappa shape index (κ2) is 7.37. The van der Waals surface area contributed by atoms with E-state index in [0.717, 1.165) is 32.3 Å². The van der Waals surface area contributed by atoms with Crippen molar-refractivity contribution in [3.63, 3.8) is 0 Å². The maximum absolute atomic E-state index is 13.8. The minimum atomic E-state index is -0.880. The Morgan fingerprint density at radius 2 is 1.76 bits per heavy atom. The summed E-state index contributed by atoms with van der Waals surface area (Å²) < 4.78 is 0.928. The van der Waals surface area contributed by atoms with Crippen LogP contribution in [0.2, 0.25) is 0 Å². The van der Waals surface area contributed by atoms with Crippen molar-refractivity contribution in [2.24, 2.45) is 5.41 Å². The Labute approximate surface area is 205 Å². The second-order valence-electron chi connectivity index (χ2n) is 9.19. The Kier molecular flexibility index (Phi) is 4.51. The number of aromatic nitrogens is 3. The minimum Gasteiger partial charge on any atom is -0.293 e. The first kappa shape index (κ1) is 20.8. The van der Waals surface area contributed by atoms with Gasteiger partial charge in [-0.15, -0.1) is 5.10 Å². The fourth-order valence-corrected chi connectivity index (χ4v) is 6.21. The molecule has 0 spiro atoms. The topological polar surface area (TPSA) is 94.5 Å². The van der Waals surface area contributed by atoms with Crippen LogP contribution in [0.3, 0.4) is 0 Å². The summed E-state index contributed by atoms with van der Waals surface area (Å²) >= 11 is 3.46. The molecule has 3 aliphatic rings. The summed E-state index contributed by atoms with van der Waals surface area (Å²) in [5.41, 5.74) is 3.20. The van der Waals surface area contributed by atoms with Crippen LogP contribution >= 0.6 is 15.9 Å². The number of H-pyrrole nitrogens is 1. The third-order valence-electron chi connectivity index (χ3n) is 7.25. The van der Waals surface area contributed by atoms with Gasteiger partial charge in [0.25, 0.3) is 0 Å². The smallest absolute Gasteiger partial charge is 0.249 e. The zero-order valence-electron chi connectivity index (χ0n) is 18.3. The molecule has 1 heterocycles. The molecule has 34 heavy (non-hydrogen) atoms. The first-order valence-electron chi connectivity index (χ1n) is 11.1. The van der Waals surface area contributed by atoms with Crippen LogP contribution in [-0.4, -0.2) is 21.1 Å². The van der Waals surface area contributed by atoms with Crippen molar-refractivity contribution in [2.75, 3.05) is 5.32 Å². The lowest BCUT2D eigenvalue weighted by atomic mass is 9.47. The monoisotopic (exact) mass is 509 g/mol. The van der Waals surface area contributed by atoms with Crippen molar-refractivity contribution >= 4 is 27.8 Å². The van der Waals surface area contributed by atoms with Crippen LogP contribution in [-0.2, 0) is 10.2 Å². The van der Waals surface area contributed by atoms with Gasteiger partial charge in [0.15, 0.2) is 5.82 Å². The van der Waals surface area contributed by atoms with Gasteiger partial charge in [-0.05, 0) is 47.7 Å². The molecule has 1 unspecified atom stereocenters. The number of nitriles is 1. The van der Waals surface area contributed by atoms with E-state index >= 15 is 0 Å². The van der Waals surface area contributed by atoms with E-state index in [9.17, 15) is 10.1 Å². The normalized spacial score (nSPS) is 24.1. The van der Waals surface area contributed by atoms with Crippen molar-refractivity contribution in [1.29, 1.82) is 5.26 Å². The third kappa shape index (κ3) is 2.82. The van der Waals surface area contributed by atoms with Crippen molar-refractivity contribution in [2.45, 2.75) is 24.7 Å². The molecule has 3 aliphatic carbocycles. The quantitative estimate of drug-likeness (QED) is 0.379. The van der Waals surface area contributed by atoms with E-state index in [1.54, 1.807) is 0 Å². The van der Waals surface area contributed by atoms with Crippen LogP contribution in [0.15, 0.2) is 77.3 Å². The number of hydrogen-bond donors (Lipinski definition) is 2. The van der Waals surface area contributed by atoms with E-state index in [0.29, 0.717) is 12.2 Å². The maximum Gasteiger partial charge on any atom is 0.249 e. The van der Waals surface area contributed by atoms with Gasteiger partial charge in [0, 0.05) is 16.0 Å². The highest BCUT2D eigenvalue weighted by Crippen LogP contribution is 2.63. The zero-order valence-corrected chi connectivity index (χ0v) is 19.9. The van der Waals surface area contributed by atoms with E-state index in [1.165, 1.54) is 0 Å². The van der Waals surface area contributed by atoms with Crippen LogP contribution in [0.4, 0.5) is 5.95 Å². The summed E-state index contributed by atoms with van der Waals surface area (Å²) in [6, 6.07) is 26.3. The number of nitrogens with zero attached hydrogens (tertiary/aromatic N) is 3. The number of carbonyl (C=O) groups is 1. The summed E-state index contributed by atoms with van der Waals surface area (Å²) in [5.74, 6) is 0.422. The van der Waals surface area contributed by atoms with E-state index < -0.39 is 10.8 Å². The molecule has 4 aromatic rings. The fourth-order valence-electron chi connectivity index (χ4n) is 5.82. The largest absolute Gasteiger partial charge is 0.293 e. The summed E-state index contributed by atoms with van der Waals surface area (Å²) in [6.45, 7) is 1.95. The van der Waals surface area contributed by atoms with Gasteiger partial charge in [0.1, 0.15) is 5.41 Å². The Hall–Kier alpha value is -3.76. The molecule has 6 nitrogen and oxygen atoms in total. The first-order chi connectivity index (χ1) is 16.5. The van der Waals surface area contributed by atoms with Gasteiger partial charge in [-0.2, -0.15) is 10.2 Å². The molecule has 1 aromatic heterocycles. The van der Waals surface area contributed by atoms with Crippen molar-refractivity contribution in [3.05, 3.63) is 99.5 Å². The van der Waals surface area contributed by atoms with Crippen LogP contribution < -0.4 is 5.32 Å². The van der Waals surface area contributed by atoms with Gasteiger partial charge in [-0.3, -0.25) is 15.2 Å². The lowest BCUT2D eigenvalue weighted by molar-refractivity contribution is -0.127. The highest BCUT2D eigenvalue weighted by atomic mass is 79.9. The molecule has 3 aromatic carbocycles. The van der Waals surface area contributed by atoms with Crippen LogP contribution in [0.1, 0.15) is 41.5 Å². The SMILES string of the molecule is CC1(C(=O)Nc2n[nH]c(-c3cccc(Br)c3)n2)CC2(C#N)c3ccccc3C1c1ccccc12. The molecule has 0 fully saturated rings. The molecule has 7 rings (SSSR count). The second-order valence-corrected chi connectivity index (χ2v) is 10.1. The van der Waals surface area contributed by atoms with Gasteiger partial charge in [-0.1, -0.05) is 76.6 Å². The van der Waals surface area contributed by atoms with Gasteiger partial charge in [0.2, 0.25) is 11.9 Å².